The van der Waals surface area contributed by atoms with Crippen LogP contribution in [0.15, 0.2) is 0 Å². The van der Waals surface area contributed by atoms with E-state index in [1.54, 1.807) is 0 Å². The van der Waals surface area contributed by atoms with E-state index in [-0.39, 0.29) is 5.97 Å². The van der Waals surface area contributed by atoms with Crippen molar-refractivity contribution in [3.8, 4) is 0 Å². The Morgan fingerprint density at radius 2 is 2.11 bits per heavy atom. The Kier molecular flexibility index (Phi) is 6.27. The standard InChI is InChI=1S/C15H30N2O2/c1-12(13-8-9-13)17(4)11-7-6-10-15(2,16-3)14(18)19-5/h12-13,16H,6-11H2,1-5H3. The average Bonchev–Trinajstić information content (AvgIpc) is 3.25. The van der Waals surface area contributed by atoms with E-state index in [2.05, 4.69) is 24.2 Å². The molecule has 112 valence electrons. The van der Waals surface area contributed by atoms with Gasteiger partial charge in [-0.2, -0.15) is 0 Å². The summed E-state index contributed by atoms with van der Waals surface area (Å²) >= 11 is 0. The third-order valence-corrected chi connectivity index (χ3v) is 4.62. The first-order chi connectivity index (χ1) is 8.94. The normalized spacial score (nSPS) is 20.1. The summed E-state index contributed by atoms with van der Waals surface area (Å²) in [5.41, 5.74) is -0.546. The predicted molar refractivity (Wildman–Crippen MR) is 78.1 cm³/mol. The van der Waals surface area contributed by atoms with E-state index in [0.29, 0.717) is 6.04 Å². The number of esters is 1. The first kappa shape index (κ1) is 16.4. The van der Waals surface area contributed by atoms with Crippen LogP contribution in [0.3, 0.4) is 0 Å². The van der Waals surface area contributed by atoms with E-state index in [0.717, 1.165) is 31.7 Å². The van der Waals surface area contributed by atoms with Crippen LogP contribution in [0.4, 0.5) is 0 Å². The zero-order valence-corrected chi connectivity index (χ0v) is 13.2. The predicted octanol–water partition coefficient (Wildman–Crippen LogP) is 2.04. The van der Waals surface area contributed by atoms with Crippen molar-refractivity contribution in [2.24, 2.45) is 5.92 Å². The SMILES string of the molecule is CNC(C)(CCCCN(C)C(C)C1CC1)C(=O)OC. The molecule has 1 saturated carbocycles. The summed E-state index contributed by atoms with van der Waals surface area (Å²) in [6.45, 7) is 5.35. The minimum absolute atomic E-state index is 0.172. The topological polar surface area (TPSA) is 41.6 Å². The van der Waals surface area contributed by atoms with Gasteiger partial charge in [-0.3, -0.25) is 4.79 Å². The number of ether oxygens (including phenoxy) is 1. The Bertz CT molecular complexity index is 292. The molecule has 1 aliphatic rings. The molecular formula is C15H30N2O2. The number of nitrogens with one attached hydrogen (secondary N) is 1. The minimum atomic E-state index is -0.546. The first-order valence-corrected chi connectivity index (χ1v) is 7.42. The summed E-state index contributed by atoms with van der Waals surface area (Å²) in [4.78, 5) is 14.2. The van der Waals surface area contributed by atoms with Gasteiger partial charge in [0.2, 0.25) is 0 Å². The highest BCUT2D eigenvalue weighted by molar-refractivity contribution is 5.80. The van der Waals surface area contributed by atoms with Gasteiger partial charge in [0.15, 0.2) is 0 Å². The molecule has 1 aliphatic carbocycles. The van der Waals surface area contributed by atoms with E-state index in [4.69, 9.17) is 4.74 Å². The fraction of sp³-hybridized carbons (Fsp3) is 0.933. The second-order valence-corrected chi connectivity index (χ2v) is 6.09. The van der Waals surface area contributed by atoms with E-state index in [1.165, 1.54) is 20.0 Å². The van der Waals surface area contributed by atoms with Gasteiger partial charge in [-0.1, -0.05) is 0 Å². The van der Waals surface area contributed by atoms with Gasteiger partial charge < -0.3 is 15.0 Å². The smallest absolute Gasteiger partial charge is 0.325 e. The van der Waals surface area contributed by atoms with Crippen LogP contribution in [0.2, 0.25) is 0 Å². The maximum Gasteiger partial charge on any atom is 0.325 e. The Labute approximate surface area is 117 Å². The highest BCUT2D eigenvalue weighted by Crippen LogP contribution is 2.34. The number of methoxy groups -OCH3 is 1. The molecule has 1 fully saturated rings. The van der Waals surface area contributed by atoms with Crippen molar-refractivity contribution in [3.63, 3.8) is 0 Å². The summed E-state index contributed by atoms with van der Waals surface area (Å²) in [6, 6.07) is 0.705. The van der Waals surface area contributed by atoms with Crippen molar-refractivity contribution in [3.05, 3.63) is 0 Å². The van der Waals surface area contributed by atoms with Crippen molar-refractivity contribution < 1.29 is 9.53 Å². The summed E-state index contributed by atoms with van der Waals surface area (Å²) in [7, 11) is 5.47. The van der Waals surface area contributed by atoms with E-state index in [1.807, 2.05) is 14.0 Å². The third kappa shape index (κ3) is 4.77. The summed E-state index contributed by atoms with van der Waals surface area (Å²) in [5, 5.41) is 3.08. The summed E-state index contributed by atoms with van der Waals surface area (Å²) < 4.78 is 4.85. The molecule has 0 saturated heterocycles. The van der Waals surface area contributed by atoms with Gasteiger partial charge in [-0.05, 0) is 72.5 Å². The number of nitrogens with zero attached hydrogens (tertiary/aromatic N) is 1. The van der Waals surface area contributed by atoms with Gasteiger partial charge in [-0.15, -0.1) is 0 Å². The van der Waals surface area contributed by atoms with Crippen LogP contribution in [0.5, 0.6) is 0 Å². The van der Waals surface area contributed by atoms with Gasteiger partial charge in [0, 0.05) is 6.04 Å². The maximum atomic E-state index is 11.7. The van der Waals surface area contributed by atoms with E-state index >= 15 is 0 Å². The van der Waals surface area contributed by atoms with E-state index < -0.39 is 5.54 Å². The molecule has 0 aromatic rings. The molecular weight excluding hydrogens is 240 g/mol. The molecule has 0 bridgehead atoms. The fourth-order valence-corrected chi connectivity index (χ4v) is 2.54. The quantitative estimate of drug-likeness (QED) is 0.514. The van der Waals surface area contributed by atoms with Gasteiger partial charge >= 0.3 is 5.97 Å². The lowest BCUT2D eigenvalue weighted by atomic mass is 9.95. The van der Waals surface area contributed by atoms with Crippen molar-refractivity contribution in [1.29, 1.82) is 0 Å². The molecule has 4 nitrogen and oxygen atoms in total. The molecule has 0 heterocycles. The van der Waals surface area contributed by atoms with Gasteiger partial charge in [-0.25, -0.2) is 0 Å². The molecule has 0 spiro atoms. The second-order valence-electron chi connectivity index (χ2n) is 6.09. The average molecular weight is 270 g/mol. The van der Waals surface area contributed by atoms with Crippen LogP contribution < -0.4 is 5.32 Å². The molecule has 0 aliphatic heterocycles. The Morgan fingerprint density at radius 3 is 2.58 bits per heavy atom. The van der Waals surface area contributed by atoms with Crippen molar-refractivity contribution in [2.75, 3.05) is 27.7 Å². The highest BCUT2D eigenvalue weighted by Gasteiger charge is 2.32. The largest absolute Gasteiger partial charge is 0.468 e. The minimum Gasteiger partial charge on any atom is -0.468 e. The molecule has 1 rings (SSSR count). The number of unbranched alkanes of at least 4 members (excludes halogenated alkanes) is 1. The maximum absolute atomic E-state index is 11.7. The van der Waals surface area contributed by atoms with Crippen LogP contribution in [-0.2, 0) is 9.53 Å². The zero-order valence-electron chi connectivity index (χ0n) is 13.2. The first-order valence-electron chi connectivity index (χ1n) is 7.42. The molecule has 4 heteroatoms. The van der Waals surface area contributed by atoms with Crippen LogP contribution in [0.1, 0.15) is 46.0 Å². The van der Waals surface area contributed by atoms with Gasteiger partial charge in [0.1, 0.15) is 5.54 Å². The molecule has 0 radical (unpaired) electrons. The second kappa shape index (κ2) is 7.25. The van der Waals surface area contributed by atoms with Crippen molar-refractivity contribution in [2.45, 2.75) is 57.5 Å². The molecule has 2 atom stereocenters. The Balaban J connectivity index is 2.23. The number of hydrogen-bond donors (Lipinski definition) is 1. The highest BCUT2D eigenvalue weighted by atomic mass is 16.5. The molecule has 0 aromatic carbocycles. The van der Waals surface area contributed by atoms with E-state index in [9.17, 15) is 4.79 Å². The van der Waals surface area contributed by atoms with Crippen LogP contribution in [-0.4, -0.2) is 50.2 Å². The lowest BCUT2D eigenvalue weighted by Gasteiger charge is -2.27. The summed E-state index contributed by atoms with van der Waals surface area (Å²) in [5.74, 6) is 0.748. The van der Waals surface area contributed by atoms with Crippen molar-refractivity contribution in [1.82, 2.24) is 10.2 Å². The number of carbonyl (C=O) groups excluding carboxylic acids is 1. The fourth-order valence-electron chi connectivity index (χ4n) is 2.54. The monoisotopic (exact) mass is 270 g/mol. The zero-order chi connectivity index (χ0) is 14.5. The summed E-state index contributed by atoms with van der Waals surface area (Å²) in [6.07, 6.45) is 5.77. The molecule has 19 heavy (non-hydrogen) atoms. The lowest BCUT2D eigenvalue weighted by molar-refractivity contribution is -0.148. The van der Waals surface area contributed by atoms with Gasteiger partial charge in [0.25, 0.3) is 0 Å². The van der Waals surface area contributed by atoms with Crippen molar-refractivity contribution >= 4 is 5.97 Å². The van der Waals surface area contributed by atoms with Gasteiger partial charge in [0.05, 0.1) is 7.11 Å². The molecule has 0 aromatic heterocycles. The number of rotatable bonds is 9. The third-order valence-electron chi connectivity index (χ3n) is 4.62. The molecule has 1 N–H and O–H groups in total. The Hall–Kier alpha value is -0.610. The van der Waals surface area contributed by atoms with Crippen LogP contribution >= 0.6 is 0 Å². The Morgan fingerprint density at radius 1 is 1.47 bits per heavy atom. The molecule has 0 amide bonds. The number of hydrogen-bond acceptors (Lipinski definition) is 4. The van der Waals surface area contributed by atoms with Crippen LogP contribution in [0.25, 0.3) is 0 Å². The number of carbonyl (C=O) groups is 1. The van der Waals surface area contributed by atoms with Crippen LogP contribution in [0, 0.1) is 5.92 Å². The number of likely N-dealkylation sites (N-methyl/N-ethyl adjacent to an activating group) is 1. The molecule has 2 unspecified atom stereocenters. The lowest BCUT2D eigenvalue weighted by Crippen LogP contribution is -2.48.